The molecule has 0 spiro atoms. The van der Waals surface area contributed by atoms with E-state index < -0.39 is 18.2 Å². The van der Waals surface area contributed by atoms with Crippen LogP contribution in [0, 0.1) is 0 Å². The van der Waals surface area contributed by atoms with Gasteiger partial charge in [0.2, 0.25) is 11.6 Å². The van der Waals surface area contributed by atoms with Crippen molar-refractivity contribution in [2.24, 2.45) is 0 Å². The largest absolute Gasteiger partial charge is 0.312 e. The minimum Gasteiger partial charge on any atom is -0.245 e. The van der Waals surface area contributed by atoms with Crippen molar-refractivity contribution in [2.75, 3.05) is 0 Å². The molecule has 0 aliphatic carbocycles. The lowest BCUT2D eigenvalue weighted by atomic mass is 9.98. The Labute approximate surface area is 213 Å². The molecule has 0 saturated heterocycles. The average molecular weight is 500 g/mol. The van der Waals surface area contributed by atoms with Gasteiger partial charge in [-0.05, 0) is 33.9 Å². The van der Waals surface area contributed by atoms with Crippen molar-refractivity contribution in [1.82, 2.24) is 35.4 Å². The van der Waals surface area contributed by atoms with Crippen LogP contribution in [0.5, 0.6) is 0 Å². The first kappa shape index (κ1) is 24.4. The summed E-state index contributed by atoms with van der Waals surface area (Å²) in [6.45, 7) is 2.43. The fourth-order valence-corrected chi connectivity index (χ4v) is 4.28. The summed E-state index contributed by atoms with van der Waals surface area (Å²) in [5.74, 6) is -2.48. The van der Waals surface area contributed by atoms with Crippen molar-refractivity contribution in [3.05, 3.63) is 102 Å². The summed E-state index contributed by atoms with van der Waals surface area (Å²) >= 11 is 0. The molecule has 0 aliphatic heterocycles. The molecule has 188 valence electrons. The van der Waals surface area contributed by atoms with Gasteiger partial charge in [0.1, 0.15) is 5.82 Å². The summed E-state index contributed by atoms with van der Waals surface area (Å²) in [4.78, 5) is 4.30. The van der Waals surface area contributed by atoms with Gasteiger partial charge in [0, 0.05) is 18.4 Å². The Morgan fingerprint density at radius 1 is 0.865 bits per heavy atom. The van der Waals surface area contributed by atoms with Crippen LogP contribution < -0.4 is 0 Å². The van der Waals surface area contributed by atoms with Crippen LogP contribution >= 0.6 is 0 Å². The first-order valence-corrected chi connectivity index (χ1v) is 12.3. The van der Waals surface area contributed by atoms with Gasteiger partial charge in [-0.3, -0.25) is 0 Å². The molecule has 5 aromatic rings. The SMILES string of the molecule is CCCCc1nc(C(F)(F)Cc2ccccc2)nn1Cc1ccc(-c2ccccc2-c2nn[nH]n2)cc1. The molecule has 9 heteroatoms. The highest BCUT2D eigenvalue weighted by molar-refractivity contribution is 5.80. The third kappa shape index (κ3) is 5.61. The Morgan fingerprint density at radius 3 is 2.30 bits per heavy atom. The van der Waals surface area contributed by atoms with Crippen LogP contribution in [-0.4, -0.2) is 35.4 Å². The quantitative estimate of drug-likeness (QED) is 0.261. The summed E-state index contributed by atoms with van der Waals surface area (Å²) in [5, 5.41) is 18.6. The second-order valence-corrected chi connectivity index (χ2v) is 8.96. The molecule has 5 rings (SSSR count). The van der Waals surface area contributed by atoms with Crippen molar-refractivity contribution in [1.29, 1.82) is 0 Å². The van der Waals surface area contributed by atoms with E-state index in [0.717, 1.165) is 35.1 Å². The van der Waals surface area contributed by atoms with E-state index in [-0.39, 0.29) is 0 Å². The predicted molar refractivity (Wildman–Crippen MR) is 137 cm³/mol. The Hall–Kier alpha value is -4.27. The molecule has 0 radical (unpaired) electrons. The maximum Gasteiger partial charge on any atom is 0.312 e. The van der Waals surface area contributed by atoms with Gasteiger partial charge in [0.15, 0.2) is 0 Å². The van der Waals surface area contributed by atoms with Crippen molar-refractivity contribution in [3.8, 4) is 22.5 Å². The van der Waals surface area contributed by atoms with Crippen LogP contribution in [0.25, 0.3) is 22.5 Å². The second-order valence-electron chi connectivity index (χ2n) is 8.96. The topological polar surface area (TPSA) is 85.2 Å². The van der Waals surface area contributed by atoms with Crippen molar-refractivity contribution >= 4 is 0 Å². The lowest BCUT2D eigenvalue weighted by Gasteiger charge is -2.12. The number of unbranched alkanes of at least 4 members (excludes halogenated alkanes) is 1. The number of aromatic nitrogens is 7. The van der Waals surface area contributed by atoms with E-state index in [1.165, 1.54) is 0 Å². The Balaban J connectivity index is 1.39. The van der Waals surface area contributed by atoms with Gasteiger partial charge in [0.05, 0.1) is 6.54 Å². The number of tetrazole rings is 1. The van der Waals surface area contributed by atoms with Crippen LogP contribution in [0.1, 0.15) is 42.5 Å². The predicted octanol–water partition coefficient (Wildman–Crippen LogP) is 5.85. The Kier molecular flexibility index (Phi) is 7.11. The molecule has 0 unspecified atom stereocenters. The molecule has 0 bridgehead atoms. The van der Waals surface area contributed by atoms with E-state index in [4.69, 9.17) is 0 Å². The highest BCUT2D eigenvalue weighted by atomic mass is 19.3. The summed E-state index contributed by atoms with van der Waals surface area (Å²) in [5.41, 5.74) is 4.33. The molecule has 0 atom stereocenters. The molecule has 7 nitrogen and oxygen atoms in total. The summed E-state index contributed by atoms with van der Waals surface area (Å²) in [7, 11) is 0. The smallest absolute Gasteiger partial charge is 0.245 e. The molecule has 0 saturated carbocycles. The molecular weight excluding hydrogens is 472 g/mol. The molecule has 1 N–H and O–H groups in total. The maximum absolute atomic E-state index is 15.1. The number of rotatable bonds is 10. The van der Waals surface area contributed by atoms with Crippen LogP contribution in [0.2, 0.25) is 0 Å². The molecular formula is C28H27F2N7. The highest BCUT2D eigenvalue weighted by Gasteiger charge is 2.37. The van der Waals surface area contributed by atoms with E-state index in [1.54, 1.807) is 28.9 Å². The van der Waals surface area contributed by atoms with Crippen molar-refractivity contribution in [2.45, 2.75) is 45.1 Å². The zero-order valence-electron chi connectivity index (χ0n) is 20.5. The first-order chi connectivity index (χ1) is 18.0. The zero-order chi connectivity index (χ0) is 25.7. The van der Waals surface area contributed by atoms with Crippen LogP contribution in [-0.2, 0) is 25.3 Å². The lowest BCUT2D eigenvalue weighted by Crippen LogP contribution is -2.19. The fourth-order valence-electron chi connectivity index (χ4n) is 4.28. The third-order valence-electron chi connectivity index (χ3n) is 6.21. The van der Waals surface area contributed by atoms with E-state index in [1.807, 2.05) is 54.6 Å². The van der Waals surface area contributed by atoms with E-state index in [0.29, 0.717) is 30.2 Å². The van der Waals surface area contributed by atoms with E-state index in [2.05, 4.69) is 37.6 Å². The normalized spacial score (nSPS) is 11.6. The molecule has 0 fully saturated rings. The number of H-pyrrole nitrogens is 1. The number of aromatic amines is 1. The van der Waals surface area contributed by atoms with Crippen molar-refractivity contribution < 1.29 is 8.78 Å². The average Bonchev–Trinajstić information content (AvgIpc) is 3.59. The number of benzene rings is 3. The third-order valence-corrected chi connectivity index (χ3v) is 6.21. The van der Waals surface area contributed by atoms with Gasteiger partial charge in [-0.25, -0.2) is 9.67 Å². The van der Waals surface area contributed by atoms with Crippen LogP contribution in [0.15, 0.2) is 78.9 Å². The summed E-state index contributed by atoms with van der Waals surface area (Å²) < 4.78 is 31.9. The maximum atomic E-state index is 15.1. The molecule has 0 aliphatic rings. The highest BCUT2D eigenvalue weighted by Crippen LogP contribution is 2.31. The molecule has 3 aromatic carbocycles. The van der Waals surface area contributed by atoms with E-state index in [9.17, 15) is 0 Å². The zero-order valence-corrected chi connectivity index (χ0v) is 20.5. The van der Waals surface area contributed by atoms with Gasteiger partial charge in [-0.2, -0.15) is 14.0 Å². The minimum atomic E-state index is -3.16. The number of halogens is 2. The molecule has 0 amide bonds. The molecule has 2 heterocycles. The standard InChI is InChI=1S/C28H27F2N7/c1-2-3-13-25-31-27(28(29,30)18-20-9-5-4-6-10-20)34-37(25)19-21-14-16-22(17-15-21)23-11-7-8-12-24(23)26-32-35-36-33-26/h4-12,14-17H,2-3,13,18-19H2,1H3,(H,32,33,35,36). The number of hydrogen-bond donors (Lipinski definition) is 1. The van der Waals surface area contributed by atoms with Crippen LogP contribution in [0.4, 0.5) is 8.78 Å². The minimum absolute atomic E-state index is 0.361. The van der Waals surface area contributed by atoms with Gasteiger partial charge in [-0.1, -0.05) is 92.2 Å². The monoisotopic (exact) mass is 499 g/mol. The number of alkyl halides is 2. The van der Waals surface area contributed by atoms with Gasteiger partial charge in [0.25, 0.3) is 0 Å². The number of aryl methyl sites for hydroxylation is 1. The number of hydrogen-bond acceptors (Lipinski definition) is 5. The molecule has 37 heavy (non-hydrogen) atoms. The van der Waals surface area contributed by atoms with Crippen molar-refractivity contribution in [3.63, 3.8) is 0 Å². The first-order valence-electron chi connectivity index (χ1n) is 12.3. The van der Waals surface area contributed by atoms with Crippen LogP contribution in [0.3, 0.4) is 0 Å². The van der Waals surface area contributed by atoms with Gasteiger partial charge >= 0.3 is 5.92 Å². The molecule has 2 aromatic heterocycles. The summed E-state index contributed by atoms with van der Waals surface area (Å²) in [6, 6.07) is 24.5. The fraction of sp³-hybridized carbons (Fsp3) is 0.250. The second kappa shape index (κ2) is 10.8. The Morgan fingerprint density at radius 2 is 1.59 bits per heavy atom. The Bertz CT molecular complexity index is 1430. The number of nitrogens with one attached hydrogen (secondary N) is 1. The lowest BCUT2D eigenvalue weighted by molar-refractivity contribution is -0.0133. The van der Waals surface area contributed by atoms with Gasteiger partial charge < -0.3 is 0 Å². The number of nitrogens with zero attached hydrogens (tertiary/aromatic N) is 6. The summed E-state index contributed by atoms with van der Waals surface area (Å²) in [6.07, 6.45) is 1.96. The van der Waals surface area contributed by atoms with Gasteiger partial charge in [-0.15, -0.1) is 15.3 Å². The van der Waals surface area contributed by atoms with E-state index >= 15 is 8.78 Å².